The number of carbonyl (C=O) groups excluding carboxylic acids is 1. The Bertz CT molecular complexity index is 448. The number of nitrogens with zero attached hydrogens (tertiary/aromatic N) is 1. The Kier molecular flexibility index (Phi) is 5.38. The van der Waals surface area contributed by atoms with Gasteiger partial charge in [-0.15, -0.1) is 0 Å². The first kappa shape index (κ1) is 14.8. The van der Waals surface area contributed by atoms with Crippen LogP contribution in [0.2, 0.25) is 0 Å². The highest BCUT2D eigenvalue weighted by molar-refractivity contribution is 5.74. The molecule has 5 heteroatoms. The van der Waals surface area contributed by atoms with Crippen molar-refractivity contribution in [1.29, 1.82) is 0 Å². The van der Waals surface area contributed by atoms with Crippen molar-refractivity contribution in [3.63, 3.8) is 0 Å². The van der Waals surface area contributed by atoms with Gasteiger partial charge >= 0.3 is 6.03 Å². The molecule has 110 valence electrons. The lowest BCUT2D eigenvalue weighted by Crippen LogP contribution is -2.50. The van der Waals surface area contributed by atoms with E-state index < -0.39 is 0 Å². The van der Waals surface area contributed by atoms with Gasteiger partial charge < -0.3 is 19.7 Å². The number of amides is 2. The van der Waals surface area contributed by atoms with Crippen molar-refractivity contribution in [1.82, 2.24) is 10.2 Å². The largest absolute Gasteiger partial charge is 0.382 e. The van der Waals surface area contributed by atoms with Gasteiger partial charge in [-0.05, 0) is 18.1 Å². The Hall–Kier alpha value is -1.59. The minimum Gasteiger partial charge on any atom is -0.382 e. The van der Waals surface area contributed by atoms with Crippen LogP contribution in [-0.2, 0) is 16.0 Å². The van der Waals surface area contributed by atoms with E-state index in [1.54, 1.807) is 12.0 Å². The third kappa shape index (κ3) is 3.95. The summed E-state index contributed by atoms with van der Waals surface area (Å²) in [7, 11) is 1.64. The molecule has 1 aromatic rings. The van der Waals surface area contributed by atoms with Gasteiger partial charge in [-0.3, -0.25) is 0 Å². The van der Waals surface area contributed by atoms with E-state index in [2.05, 4.69) is 5.32 Å². The van der Waals surface area contributed by atoms with Crippen LogP contribution >= 0.6 is 0 Å². The van der Waals surface area contributed by atoms with Crippen LogP contribution in [0.4, 0.5) is 4.79 Å². The van der Waals surface area contributed by atoms with E-state index in [0.29, 0.717) is 32.8 Å². The van der Waals surface area contributed by atoms with Crippen LogP contribution in [0.5, 0.6) is 0 Å². The third-order valence-electron chi connectivity index (χ3n) is 3.47. The number of urea groups is 1. The maximum absolute atomic E-state index is 12.2. The zero-order chi connectivity index (χ0) is 14.4. The van der Waals surface area contributed by atoms with Gasteiger partial charge in [0.15, 0.2) is 0 Å². The summed E-state index contributed by atoms with van der Waals surface area (Å²) in [5, 5.41) is 2.96. The molecule has 1 heterocycles. The van der Waals surface area contributed by atoms with Crippen LogP contribution in [0.15, 0.2) is 24.3 Å². The summed E-state index contributed by atoms with van der Waals surface area (Å²) in [4.78, 5) is 13.9. The molecule has 1 N–H and O–H groups in total. The van der Waals surface area contributed by atoms with Crippen LogP contribution in [0, 0.1) is 6.92 Å². The molecule has 0 aromatic heterocycles. The van der Waals surface area contributed by atoms with Gasteiger partial charge in [0.2, 0.25) is 0 Å². The Morgan fingerprint density at radius 1 is 1.50 bits per heavy atom. The molecule has 20 heavy (non-hydrogen) atoms. The molecule has 1 fully saturated rings. The number of hydrogen-bond donors (Lipinski definition) is 1. The van der Waals surface area contributed by atoms with Crippen molar-refractivity contribution in [3.8, 4) is 0 Å². The van der Waals surface area contributed by atoms with E-state index in [1.807, 2.05) is 31.2 Å². The number of ether oxygens (including phenoxy) is 2. The first-order valence-corrected chi connectivity index (χ1v) is 6.88. The molecule has 0 bridgehead atoms. The monoisotopic (exact) mass is 278 g/mol. The molecule has 2 rings (SSSR count). The van der Waals surface area contributed by atoms with E-state index in [0.717, 1.165) is 5.56 Å². The number of hydrogen-bond acceptors (Lipinski definition) is 3. The van der Waals surface area contributed by atoms with Crippen LogP contribution in [-0.4, -0.2) is 50.4 Å². The smallest absolute Gasteiger partial charge is 0.317 e. The topological polar surface area (TPSA) is 50.8 Å². The Morgan fingerprint density at radius 3 is 3.05 bits per heavy atom. The fraction of sp³-hybridized carbons (Fsp3) is 0.533. The van der Waals surface area contributed by atoms with Crippen LogP contribution < -0.4 is 5.32 Å². The molecule has 0 aliphatic carbocycles. The highest BCUT2D eigenvalue weighted by Gasteiger charge is 2.23. The van der Waals surface area contributed by atoms with Crippen LogP contribution in [0.25, 0.3) is 0 Å². The number of morpholine rings is 1. The molecule has 5 nitrogen and oxygen atoms in total. The number of aryl methyl sites for hydroxylation is 1. The predicted molar refractivity (Wildman–Crippen MR) is 76.6 cm³/mol. The van der Waals surface area contributed by atoms with Crippen LogP contribution in [0.1, 0.15) is 11.1 Å². The minimum absolute atomic E-state index is 0.0297. The number of benzene rings is 1. The number of methoxy groups -OCH3 is 1. The first-order chi connectivity index (χ1) is 9.70. The Labute approximate surface area is 119 Å². The molecular weight excluding hydrogens is 256 g/mol. The molecule has 2 amide bonds. The average molecular weight is 278 g/mol. The van der Waals surface area contributed by atoms with Gasteiger partial charge in [0.1, 0.15) is 0 Å². The van der Waals surface area contributed by atoms with Gasteiger partial charge in [0, 0.05) is 20.2 Å². The second kappa shape index (κ2) is 7.26. The third-order valence-corrected chi connectivity index (χ3v) is 3.47. The van der Waals surface area contributed by atoms with Crippen molar-refractivity contribution in [2.24, 2.45) is 0 Å². The molecule has 0 saturated carbocycles. The summed E-state index contributed by atoms with van der Waals surface area (Å²) >= 11 is 0. The highest BCUT2D eigenvalue weighted by atomic mass is 16.5. The lowest BCUT2D eigenvalue weighted by molar-refractivity contribution is -0.0494. The molecular formula is C15H22N2O3. The van der Waals surface area contributed by atoms with Gasteiger partial charge in [-0.1, -0.05) is 24.3 Å². The molecule has 1 aliphatic rings. The molecule has 1 atom stereocenters. The van der Waals surface area contributed by atoms with E-state index in [1.165, 1.54) is 5.56 Å². The molecule has 1 saturated heterocycles. The van der Waals surface area contributed by atoms with Gasteiger partial charge in [0.25, 0.3) is 0 Å². The maximum Gasteiger partial charge on any atom is 0.317 e. The van der Waals surface area contributed by atoms with Crippen molar-refractivity contribution >= 4 is 6.03 Å². The zero-order valence-corrected chi connectivity index (χ0v) is 12.1. The van der Waals surface area contributed by atoms with Crippen molar-refractivity contribution in [3.05, 3.63) is 35.4 Å². The number of carbonyl (C=O) groups is 1. The highest BCUT2D eigenvalue weighted by Crippen LogP contribution is 2.08. The standard InChI is InChI=1S/C15H22N2O3/c1-12-5-3-4-6-13(12)9-16-15(18)17-7-8-20-14(10-17)11-19-2/h3-6,14H,7-11H2,1-2H3,(H,16,18). The van der Waals surface area contributed by atoms with Gasteiger partial charge in [0.05, 0.1) is 25.9 Å². The molecule has 0 radical (unpaired) electrons. The van der Waals surface area contributed by atoms with Gasteiger partial charge in [-0.25, -0.2) is 4.79 Å². The number of nitrogens with one attached hydrogen (secondary N) is 1. The second-order valence-corrected chi connectivity index (χ2v) is 4.98. The fourth-order valence-corrected chi connectivity index (χ4v) is 2.28. The summed E-state index contributed by atoms with van der Waals surface area (Å²) in [6.07, 6.45) is -0.0297. The van der Waals surface area contributed by atoms with E-state index in [-0.39, 0.29) is 12.1 Å². The lowest BCUT2D eigenvalue weighted by Gasteiger charge is -2.32. The van der Waals surface area contributed by atoms with Crippen molar-refractivity contribution in [2.45, 2.75) is 19.6 Å². The average Bonchev–Trinajstić information content (AvgIpc) is 2.47. The summed E-state index contributed by atoms with van der Waals surface area (Å²) in [6.45, 7) is 4.88. The quantitative estimate of drug-likeness (QED) is 0.909. The van der Waals surface area contributed by atoms with Gasteiger partial charge in [-0.2, -0.15) is 0 Å². The maximum atomic E-state index is 12.2. The summed E-state index contributed by atoms with van der Waals surface area (Å²) < 4.78 is 10.6. The van der Waals surface area contributed by atoms with E-state index in [4.69, 9.17) is 9.47 Å². The molecule has 1 aromatic carbocycles. The lowest BCUT2D eigenvalue weighted by atomic mass is 10.1. The number of rotatable bonds is 4. The van der Waals surface area contributed by atoms with Crippen molar-refractivity contribution in [2.75, 3.05) is 33.4 Å². The predicted octanol–water partition coefficient (Wildman–Crippen LogP) is 1.55. The molecule has 1 unspecified atom stereocenters. The zero-order valence-electron chi connectivity index (χ0n) is 12.1. The van der Waals surface area contributed by atoms with E-state index >= 15 is 0 Å². The first-order valence-electron chi connectivity index (χ1n) is 6.88. The summed E-state index contributed by atoms with van der Waals surface area (Å²) in [5.74, 6) is 0. The Balaban J connectivity index is 1.84. The molecule has 1 aliphatic heterocycles. The summed E-state index contributed by atoms with van der Waals surface area (Å²) in [6, 6.07) is 8.02. The normalized spacial score (nSPS) is 18.9. The summed E-state index contributed by atoms with van der Waals surface area (Å²) in [5.41, 5.74) is 2.33. The van der Waals surface area contributed by atoms with Crippen molar-refractivity contribution < 1.29 is 14.3 Å². The SMILES string of the molecule is COCC1CN(C(=O)NCc2ccccc2C)CCO1. The fourth-order valence-electron chi connectivity index (χ4n) is 2.28. The van der Waals surface area contributed by atoms with Crippen LogP contribution in [0.3, 0.4) is 0 Å². The second-order valence-electron chi connectivity index (χ2n) is 4.98. The Morgan fingerprint density at radius 2 is 2.30 bits per heavy atom. The molecule has 0 spiro atoms. The minimum atomic E-state index is -0.0438. The van der Waals surface area contributed by atoms with E-state index in [9.17, 15) is 4.79 Å².